The molecule has 1 amide bonds. The van der Waals surface area contributed by atoms with Gasteiger partial charge in [0, 0.05) is 34.1 Å². The second-order valence-corrected chi connectivity index (χ2v) is 7.07. The second kappa shape index (κ2) is 6.77. The maximum absolute atomic E-state index is 12.4. The minimum atomic E-state index is -0.0986. The van der Waals surface area contributed by atoms with Crippen molar-refractivity contribution >= 4 is 27.9 Å². The fourth-order valence-electron chi connectivity index (χ4n) is 2.85. The molecule has 0 saturated carbocycles. The molecular weight excluding hydrogens is 342 g/mol. The summed E-state index contributed by atoms with van der Waals surface area (Å²) in [5.74, 6) is -0.0986. The lowest BCUT2D eigenvalue weighted by atomic mass is 10.1. The Hall–Kier alpha value is -2.92. The first kappa shape index (κ1) is 16.5. The lowest BCUT2D eigenvalue weighted by Gasteiger charge is -2.06. The molecule has 0 spiro atoms. The van der Waals surface area contributed by atoms with Crippen molar-refractivity contribution in [1.82, 2.24) is 9.38 Å². The fraction of sp³-hybridized carbons (Fsp3) is 0.143. The number of carbonyl (C=O) groups excluding carboxylic acids is 1. The number of aromatic nitrogens is 2. The lowest BCUT2D eigenvalue weighted by Crippen LogP contribution is -2.11. The molecule has 5 heteroatoms. The Morgan fingerprint density at radius 2 is 1.85 bits per heavy atom. The van der Waals surface area contributed by atoms with Crippen LogP contribution in [-0.2, 0) is 6.42 Å². The largest absolute Gasteiger partial charge is 0.322 e. The van der Waals surface area contributed by atoms with E-state index in [1.807, 2.05) is 54.7 Å². The number of amides is 1. The standard InChI is InChI=1S/C21H19N3OS/c1-3-15-4-6-17(7-5-15)20(25)22-18-10-8-16(9-11-18)19-12-24-14(2)13-26-21(24)23-19/h4-13H,3H2,1-2H3,(H,22,25). The van der Waals surface area contributed by atoms with Gasteiger partial charge in [-0.3, -0.25) is 9.20 Å². The summed E-state index contributed by atoms with van der Waals surface area (Å²) in [5.41, 5.74) is 5.81. The van der Waals surface area contributed by atoms with Crippen LogP contribution in [0.15, 0.2) is 60.1 Å². The van der Waals surface area contributed by atoms with Gasteiger partial charge in [-0.15, -0.1) is 11.3 Å². The molecule has 0 aliphatic rings. The number of rotatable bonds is 4. The van der Waals surface area contributed by atoms with Crippen LogP contribution in [0.25, 0.3) is 16.2 Å². The van der Waals surface area contributed by atoms with E-state index in [1.54, 1.807) is 11.3 Å². The van der Waals surface area contributed by atoms with Crippen LogP contribution in [0.4, 0.5) is 5.69 Å². The van der Waals surface area contributed by atoms with Crippen molar-refractivity contribution in [2.75, 3.05) is 5.32 Å². The molecule has 2 heterocycles. The number of imidazole rings is 1. The second-order valence-electron chi connectivity index (χ2n) is 6.24. The highest BCUT2D eigenvalue weighted by molar-refractivity contribution is 7.15. The highest BCUT2D eigenvalue weighted by Gasteiger charge is 2.09. The first-order valence-electron chi connectivity index (χ1n) is 8.58. The summed E-state index contributed by atoms with van der Waals surface area (Å²) in [4.78, 5) is 18.0. The number of anilines is 1. The number of aryl methyl sites for hydroxylation is 2. The molecule has 26 heavy (non-hydrogen) atoms. The molecule has 0 bridgehead atoms. The van der Waals surface area contributed by atoms with Gasteiger partial charge in [0.05, 0.1) is 5.69 Å². The SMILES string of the molecule is CCc1ccc(C(=O)Nc2ccc(-c3cn4c(C)csc4n3)cc2)cc1. The zero-order valence-corrected chi connectivity index (χ0v) is 15.5. The van der Waals surface area contributed by atoms with Crippen molar-refractivity contribution in [2.24, 2.45) is 0 Å². The van der Waals surface area contributed by atoms with Gasteiger partial charge >= 0.3 is 0 Å². The summed E-state index contributed by atoms with van der Waals surface area (Å²) in [6.07, 6.45) is 3.01. The van der Waals surface area contributed by atoms with Crippen molar-refractivity contribution in [1.29, 1.82) is 0 Å². The van der Waals surface area contributed by atoms with E-state index in [-0.39, 0.29) is 5.91 Å². The number of benzene rings is 2. The van der Waals surface area contributed by atoms with Crippen molar-refractivity contribution in [2.45, 2.75) is 20.3 Å². The molecule has 4 rings (SSSR count). The van der Waals surface area contributed by atoms with E-state index >= 15 is 0 Å². The minimum absolute atomic E-state index is 0.0986. The van der Waals surface area contributed by atoms with Crippen molar-refractivity contribution in [3.63, 3.8) is 0 Å². The lowest BCUT2D eigenvalue weighted by molar-refractivity contribution is 0.102. The summed E-state index contributed by atoms with van der Waals surface area (Å²) < 4.78 is 2.09. The van der Waals surface area contributed by atoms with E-state index in [9.17, 15) is 4.79 Å². The average molecular weight is 361 g/mol. The zero-order chi connectivity index (χ0) is 18.1. The molecular formula is C21H19N3OS. The summed E-state index contributed by atoms with van der Waals surface area (Å²) >= 11 is 1.64. The average Bonchev–Trinajstić information content (AvgIpc) is 3.25. The highest BCUT2D eigenvalue weighted by atomic mass is 32.1. The Morgan fingerprint density at radius 3 is 2.50 bits per heavy atom. The maximum Gasteiger partial charge on any atom is 0.255 e. The van der Waals surface area contributed by atoms with Crippen LogP contribution in [0.3, 0.4) is 0 Å². The summed E-state index contributed by atoms with van der Waals surface area (Å²) in [6, 6.07) is 15.5. The van der Waals surface area contributed by atoms with Crippen molar-refractivity contribution in [3.8, 4) is 11.3 Å². The predicted molar refractivity (Wildman–Crippen MR) is 107 cm³/mol. The smallest absolute Gasteiger partial charge is 0.255 e. The molecule has 4 nitrogen and oxygen atoms in total. The van der Waals surface area contributed by atoms with E-state index in [1.165, 1.54) is 11.3 Å². The highest BCUT2D eigenvalue weighted by Crippen LogP contribution is 2.24. The Balaban J connectivity index is 1.50. The van der Waals surface area contributed by atoms with Gasteiger partial charge in [0.2, 0.25) is 0 Å². The number of thiazole rings is 1. The normalized spacial score (nSPS) is 11.0. The number of nitrogens with one attached hydrogen (secondary N) is 1. The van der Waals surface area contributed by atoms with Crippen LogP contribution in [0.5, 0.6) is 0 Å². The van der Waals surface area contributed by atoms with E-state index in [2.05, 4.69) is 33.9 Å². The van der Waals surface area contributed by atoms with Crippen molar-refractivity contribution in [3.05, 3.63) is 76.9 Å². The third kappa shape index (κ3) is 3.13. The molecule has 2 aromatic heterocycles. The molecule has 0 radical (unpaired) electrons. The van der Waals surface area contributed by atoms with Crippen LogP contribution >= 0.6 is 11.3 Å². The number of hydrogen-bond donors (Lipinski definition) is 1. The molecule has 0 unspecified atom stereocenters. The predicted octanol–water partition coefficient (Wildman–Crippen LogP) is 5.19. The number of hydrogen-bond acceptors (Lipinski definition) is 3. The zero-order valence-electron chi connectivity index (χ0n) is 14.7. The Morgan fingerprint density at radius 1 is 1.12 bits per heavy atom. The van der Waals surface area contributed by atoms with E-state index in [4.69, 9.17) is 0 Å². The van der Waals surface area contributed by atoms with Crippen LogP contribution in [0.1, 0.15) is 28.5 Å². The molecule has 0 saturated heterocycles. The van der Waals surface area contributed by atoms with Gasteiger partial charge in [-0.25, -0.2) is 4.98 Å². The fourth-order valence-corrected chi connectivity index (χ4v) is 3.70. The van der Waals surface area contributed by atoms with Crippen LogP contribution in [0.2, 0.25) is 0 Å². The third-order valence-electron chi connectivity index (χ3n) is 4.45. The summed E-state index contributed by atoms with van der Waals surface area (Å²) in [6.45, 7) is 4.17. The Kier molecular flexibility index (Phi) is 4.31. The van der Waals surface area contributed by atoms with Crippen LogP contribution in [0, 0.1) is 6.92 Å². The molecule has 1 N–H and O–H groups in total. The molecule has 0 atom stereocenters. The van der Waals surface area contributed by atoms with Gasteiger partial charge < -0.3 is 5.32 Å². The molecule has 0 aliphatic carbocycles. The van der Waals surface area contributed by atoms with Gasteiger partial charge in [0.25, 0.3) is 5.91 Å². The topological polar surface area (TPSA) is 46.4 Å². The number of carbonyl (C=O) groups is 1. The molecule has 2 aromatic carbocycles. The maximum atomic E-state index is 12.4. The van der Waals surface area contributed by atoms with E-state index in [0.717, 1.165) is 28.3 Å². The van der Waals surface area contributed by atoms with Gasteiger partial charge in [-0.2, -0.15) is 0 Å². The third-order valence-corrected chi connectivity index (χ3v) is 5.41. The Bertz CT molecular complexity index is 1060. The summed E-state index contributed by atoms with van der Waals surface area (Å²) in [7, 11) is 0. The first-order valence-corrected chi connectivity index (χ1v) is 9.46. The van der Waals surface area contributed by atoms with Gasteiger partial charge in [0.15, 0.2) is 4.96 Å². The monoisotopic (exact) mass is 361 g/mol. The quantitative estimate of drug-likeness (QED) is 0.544. The number of nitrogens with zero attached hydrogens (tertiary/aromatic N) is 2. The first-order chi connectivity index (χ1) is 12.6. The van der Waals surface area contributed by atoms with Gasteiger partial charge in [-0.05, 0) is 43.2 Å². The van der Waals surface area contributed by atoms with Crippen molar-refractivity contribution < 1.29 is 4.79 Å². The molecule has 0 aliphatic heterocycles. The van der Waals surface area contributed by atoms with E-state index < -0.39 is 0 Å². The van der Waals surface area contributed by atoms with Gasteiger partial charge in [0.1, 0.15) is 0 Å². The molecule has 0 fully saturated rings. The summed E-state index contributed by atoms with van der Waals surface area (Å²) in [5, 5.41) is 5.04. The molecule has 130 valence electrons. The van der Waals surface area contributed by atoms with Crippen LogP contribution < -0.4 is 5.32 Å². The Labute approximate surface area is 156 Å². The molecule has 4 aromatic rings. The minimum Gasteiger partial charge on any atom is -0.322 e. The van der Waals surface area contributed by atoms with Crippen LogP contribution in [-0.4, -0.2) is 15.3 Å². The van der Waals surface area contributed by atoms with Gasteiger partial charge in [-0.1, -0.05) is 31.2 Å². The number of fused-ring (bicyclic) bond motifs is 1. The van der Waals surface area contributed by atoms with E-state index in [0.29, 0.717) is 5.56 Å².